The zero-order valence-corrected chi connectivity index (χ0v) is 10.7. The molecule has 0 saturated carbocycles. The van der Waals surface area contributed by atoms with Crippen LogP contribution in [0.1, 0.15) is 26.6 Å². The van der Waals surface area contributed by atoms with Crippen molar-refractivity contribution < 1.29 is 4.79 Å². The Morgan fingerprint density at radius 2 is 2.18 bits per heavy atom. The zero-order chi connectivity index (χ0) is 12.3. The molecule has 0 radical (unpaired) electrons. The quantitative estimate of drug-likeness (QED) is 0.904. The highest BCUT2D eigenvalue weighted by atomic mass is 32.1. The van der Waals surface area contributed by atoms with Gasteiger partial charge in [0, 0.05) is 10.6 Å². The molecule has 88 valence electrons. The van der Waals surface area contributed by atoms with E-state index in [-0.39, 0.29) is 5.91 Å². The van der Waals surface area contributed by atoms with Gasteiger partial charge >= 0.3 is 0 Å². The number of carbonyl (C=O) groups is 1. The Kier molecular flexibility index (Phi) is 3.54. The number of pyridine rings is 1. The summed E-state index contributed by atoms with van der Waals surface area (Å²) in [5, 5.41) is 4.91. The van der Waals surface area contributed by atoms with E-state index in [1.54, 1.807) is 17.4 Å². The van der Waals surface area contributed by atoms with Crippen LogP contribution in [-0.2, 0) is 6.54 Å². The zero-order valence-electron chi connectivity index (χ0n) is 9.86. The van der Waals surface area contributed by atoms with Gasteiger partial charge in [-0.3, -0.25) is 4.79 Å². The molecule has 0 unspecified atom stereocenters. The number of aryl methyl sites for hydroxylation is 2. The number of rotatable bonds is 3. The largest absolute Gasteiger partial charge is 0.346 e. The van der Waals surface area contributed by atoms with E-state index in [1.165, 1.54) is 10.4 Å². The van der Waals surface area contributed by atoms with E-state index >= 15 is 0 Å². The van der Waals surface area contributed by atoms with Crippen LogP contribution in [0.15, 0.2) is 29.6 Å². The average molecular weight is 246 g/mol. The number of thiophene rings is 1. The minimum absolute atomic E-state index is 0.124. The first-order valence-corrected chi connectivity index (χ1v) is 6.29. The van der Waals surface area contributed by atoms with Crippen LogP contribution in [0.5, 0.6) is 0 Å². The van der Waals surface area contributed by atoms with Crippen LogP contribution in [0.3, 0.4) is 0 Å². The molecule has 0 aliphatic rings. The summed E-state index contributed by atoms with van der Waals surface area (Å²) in [6.07, 6.45) is 0. The van der Waals surface area contributed by atoms with Crippen molar-refractivity contribution >= 4 is 17.2 Å². The molecule has 2 aromatic heterocycles. The summed E-state index contributed by atoms with van der Waals surface area (Å²) < 4.78 is 0. The van der Waals surface area contributed by atoms with Crippen molar-refractivity contribution in [3.63, 3.8) is 0 Å². The lowest BCUT2D eigenvalue weighted by molar-refractivity contribution is 0.0946. The summed E-state index contributed by atoms with van der Waals surface area (Å²) in [5.74, 6) is -0.124. The molecule has 0 spiro atoms. The smallest absolute Gasteiger partial charge is 0.270 e. The van der Waals surface area contributed by atoms with Crippen LogP contribution in [0, 0.1) is 13.8 Å². The standard InChI is InChI=1S/C13H14N2OS/c1-9-6-7-17-12(9)8-14-13(16)11-5-3-4-10(2)15-11/h3-7H,8H2,1-2H3,(H,14,16). The average Bonchev–Trinajstić information content (AvgIpc) is 2.72. The third kappa shape index (κ3) is 2.91. The van der Waals surface area contributed by atoms with Gasteiger partial charge < -0.3 is 5.32 Å². The first-order chi connectivity index (χ1) is 8.16. The van der Waals surface area contributed by atoms with E-state index in [1.807, 2.05) is 31.4 Å². The van der Waals surface area contributed by atoms with Crippen LogP contribution in [-0.4, -0.2) is 10.9 Å². The van der Waals surface area contributed by atoms with Crippen molar-refractivity contribution in [2.24, 2.45) is 0 Å². The van der Waals surface area contributed by atoms with Gasteiger partial charge in [-0.15, -0.1) is 11.3 Å². The van der Waals surface area contributed by atoms with Gasteiger partial charge in [-0.2, -0.15) is 0 Å². The van der Waals surface area contributed by atoms with Crippen LogP contribution < -0.4 is 5.32 Å². The fraction of sp³-hybridized carbons (Fsp3) is 0.231. The summed E-state index contributed by atoms with van der Waals surface area (Å²) in [6, 6.07) is 7.49. The Morgan fingerprint density at radius 3 is 2.82 bits per heavy atom. The van der Waals surface area contributed by atoms with E-state index in [4.69, 9.17) is 0 Å². The molecule has 2 aromatic rings. The number of hydrogen-bond donors (Lipinski definition) is 1. The Balaban J connectivity index is 2.01. The van der Waals surface area contributed by atoms with Gasteiger partial charge in [0.25, 0.3) is 5.91 Å². The fourth-order valence-electron chi connectivity index (χ4n) is 1.51. The third-order valence-electron chi connectivity index (χ3n) is 2.50. The number of amides is 1. The number of carbonyl (C=O) groups excluding carboxylic acids is 1. The van der Waals surface area contributed by atoms with Crippen molar-refractivity contribution in [2.75, 3.05) is 0 Å². The van der Waals surface area contributed by atoms with Crippen molar-refractivity contribution in [1.29, 1.82) is 0 Å². The van der Waals surface area contributed by atoms with Gasteiger partial charge in [0.05, 0.1) is 6.54 Å². The number of hydrogen-bond acceptors (Lipinski definition) is 3. The molecular weight excluding hydrogens is 232 g/mol. The predicted octanol–water partition coefficient (Wildman–Crippen LogP) is 2.69. The molecule has 1 N–H and O–H groups in total. The van der Waals surface area contributed by atoms with Gasteiger partial charge in [0.15, 0.2) is 0 Å². The molecule has 2 heterocycles. The Bertz CT molecular complexity index is 534. The van der Waals surface area contributed by atoms with Crippen LogP contribution >= 0.6 is 11.3 Å². The molecule has 4 heteroatoms. The van der Waals surface area contributed by atoms with Crippen molar-refractivity contribution in [2.45, 2.75) is 20.4 Å². The molecule has 2 rings (SSSR count). The Morgan fingerprint density at radius 1 is 1.35 bits per heavy atom. The number of nitrogens with one attached hydrogen (secondary N) is 1. The van der Waals surface area contributed by atoms with E-state index < -0.39 is 0 Å². The van der Waals surface area contributed by atoms with E-state index in [0.717, 1.165) is 5.69 Å². The molecule has 0 saturated heterocycles. The maximum Gasteiger partial charge on any atom is 0.270 e. The van der Waals surface area contributed by atoms with E-state index in [2.05, 4.69) is 16.4 Å². The van der Waals surface area contributed by atoms with E-state index in [0.29, 0.717) is 12.2 Å². The Labute approximate surface area is 105 Å². The normalized spacial score (nSPS) is 10.2. The lowest BCUT2D eigenvalue weighted by atomic mass is 10.2. The predicted molar refractivity (Wildman–Crippen MR) is 69.2 cm³/mol. The maximum absolute atomic E-state index is 11.8. The second kappa shape index (κ2) is 5.10. The molecule has 0 fully saturated rings. The van der Waals surface area contributed by atoms with Crippen LogP contribution in [0.4, 0.5) is 0 Å². The highest BCUT2D eigenvalue weighted by Gasteiger charge is 2.07. The van der Waals surface area contributed by atoms with Gasteiger partial charge in [-0.1, -0.05) is 6.07 Å². The van der Waals surface area contributed by atoms with Crippen molar-refractivity contribution in [3.8, 4) is 0 Å². The van der Waals surface area contributed by atoms with Crippen molar-refractivity contribution in [3.05, 3.63) is 51.5 Å². The second-order valence-corrected chi connectivity index (χ2v) is 4.87. The van der Waals surface area contributed by atoms with Gasteiger partial charge in [0.2, 0.25) is 0 Å². The van der Waals surface area contributed by atoms with Gasteiger partial charge in [-0.25, -0.2) is 4.98 Å². The molecule has 0 aromatic carbocycles. The molecule has 0 aliphatic carbocycles. The minimum Gasteiger partial charge on any atom is -0.346 e. The fourth-order valence-corrected chi connectivity index (χ4v) is 2.35. The van der Waals surface area contributed by atoms with E-state index in [9.17, 15) is 4.79 Å². The molecule has 17 heavy (non-hydrogen) atoms. The maximum atomic E-state index is 11.8. The summed E-state index contributed by atoms with van der Waals surface area (Å²) >= 11 is 1.65. The van der Waals surface area contributed by atoms with Crippen molar-refractivity contribution in [1.82, 2.24) is 10.3 Å². The molecule has 3 nitrogen and oxygen atoms in total. The Hall–Kier alpha value is -1.68. The minimum atomic E-state index is -0.124. The third-order valence-corrected chi connectivity index (χ3v) is 3.52. The monoisotopic (exact) mass is 246 g/mol. The summed E-state index contributed by atoms with van der Waals surface area (Å²) in [5.41, 5.74) is 2.54. The second-order valence-electron chi connectivity index (χ2n) is 3.87. The molecule has 0 atom stereocenters. The number of nitrogens with zero attached hydrogens (tertiary/aromatic N) is 1. The summed E-state index contributed by atoms with van der Waals surface area (Å²) in [7, 11) is 0. The molecule has 0 aliphatic heterocycles. The lowest BCUT2D eigenvalue weighted by Crippen LogP contribution is -2.23. The van der Waals surface area contributed by atoms with Gasteiger partial charge in [-0.05, 0) is 43.0 Å². The number of aromatic nitrogens is 1. The lowest BCUT2D eigenvalue weighted by Gasteiger charge is -2.04. The molecule has 0 bridgehead atoms. The van der Waals surface area contributed by atoms with Crippen LogP contribution in [0.25, 0.3) is 0 Å². The SMILES string of the molecule is Cc1cccc(C(=O)NCc2sccc2C)n1. The first-order valence-electron chi connectivity index (χ1n) is 5.41. The first kappa shape index (κ1) is 11.8. The highest BCUT2D eigenvalue weighted by Crippen LogP contribution is 2.14. The highest BCUT2D eigenvalue weighted by molar-refractivity contribution is 7.10. The molecular formula is C13H14N2OS. The molecule has 1 amide bonds. The summed E-state index contributed by atoms with van der Waals surface area (Å²) in [6.45, 7) is 4.49. The topological polar surface area (TPSA) is 42.0 Å². The van der Waals surface area contributed by atoms with Crippen LogP contribution in [0.2, 0.25) is 0 Å². The summed E-state index contributed by atoms with van der Waals surface area (Å²) in [4.78, 5) is 17.2. The van der Waals surface area contributed by atoms with Gasteiger partial charge in [0.1, 0.15) is 5.69 Å².